The van der Waals surface area contributed by atoms with Crippen LogP contribution in [0.5, 0.6) is 11.5 Å². The number of ether oxygens (including phenoxy) is 2. The molecular weight excluding hydrogens is 438 g/mol. The first kappa shape index (κ1) is 24.1. The van der Waals surface area contributed by atoms with E-state index in [4.69, 9.17) is 13.9 Å². The molecule has 0 aliphatic carbocycles. The Kier molecular flexibility index (Phi) is 6.97. The second-order valence-electron chi connectivity index (χ2n) is 8.93. The predicted molar refractivity (Wildman–Crippen MR) is 142 cm³/mol. The van der Waals surface area contributed by atoms with Gasteiger partial charge in [0.2, 0.25) is 5.91 Å². The maximum atomic E-state index is 12.8. The van der Waals surface area contributed by atoms with Gasteiger partial charge in [-0.25, -0.2) is 0 Å². The number of furan rings is 1. The Morgan fingerprint density at radius 1 is 1.00 bits per heavy atom. The Balaban J connectivity index is 1.69. The van der Waals surface area contributed by atoms with Gasteiger partial charge in [-0.05, 0) is 66.8 Å². The number of hydrogen-bond acceptors (Lipinski definition) is 4. The summed E-state index contributed by atoms with van der Waals surface area (Å²) in [7, 11) is 3.28. The van der Waals surface area contributed by atoms with Crippen LogP contribution in [0.1, 0.15) is 43.4 Å². The number of carbonyl (C=O) groups excluding carboxylic acids is 1. The summed E-state index contributed by atoms with van der Waals surface area (Å²) in [4.78, 5) is 12.8. The van der Waals surface area contributed by atoms with Crippen molar-refractivity contribution in [2.45, 2.75) is 33.6 Å². The third-order valence-corrected chi connectivity index (χ3v) is 6.27. The van der Waals surface area contributed by atoms with Gasteiger partial charge < -0.3 is 19.2 Å². The van der Waals surface area contributed by atoms with Gasteiger partial charge in [-0.3, -0.25) is 4.79 Å². The van der Waals surface area contributed by atoms with E-state index in [-0.39, 0.29) is 5.91 Å². The lowest BCUT2D eigenvalue weighted by Gasteiger charge is -2.13. The number of fused-ring (bicyclic) bond motifs is 1. The average Bonchev–Trinajstić information content (AvgIpc) is 3.28. The SMILES string of the molecule is COc1ccc(-c2coc3c(C)c(OC)c(/C(C)=C/C(=O)Nc4ccc(C(C)C)cc4)cc23)cc1. The van der Waals surface area contributed by atoms with Gasteiger partial charge in [-0.2, -0.15) is 0 Å². The third kappa shape index (κ3) is 4.94. The minimum absolute atomic E-state index is 0.192. The summed E-state index contributed by atoms with van der Waals surface area (Å²) in [5, 5.41) is 3.91. The maximum Gasteiger partial charge on any atom is 0.248 e. The maximum absolute atomic E-state index is 12.8. The number of benzene rings is 3. The van der Waals surface area contributed by atoms with Gasteiger partial charge in [-0.15, -0.1) is 0 Å². The Morgan fingerprint density at radius 2 is 1.69 bits per heavy atom. The number of rotatable bonds is 7. The molecule has 0 radical (unpaired) electrons. The van der Waals surface area contributed by atoms with Crippen molar-refractivity contribution in [3.8, 4) is 22.6 Å². The number of hydrogen-bond donors (Lipinski definition) is 1. The molecule has 0 fully saturated rings. The minimum atomic E-state index is -0.192. The van der Waals surface area contributed by atoms with Crippen molar-refractivity contribution < 1.29 is 18.7 Å². The molecule has 180 valence electrons. The summed E-state index contributed by atoms with van der Waals surface area (Å²) in [5.74, 6) is 1.74. The zero-order valence-electron chi connectivity index (χ0n) is 21.1. The predicted octanol–water partition coefficient (Wildman–Crippen LogP) is 7.59. The van der Waals surface area contributed by atoms with Crippen LogP contribution in [0.25, 0.3) is 27.7 Å². The second kappa shape index (κ2) is 10.1. The molecular formula is C30H31NO4. The number of amides is 1. The lowest BCUT2D eigenvalue weighted by atomic mass is 9.96. The molecule has 0 spiro atoms. The van der Waals surface area contributed by atoms with Crippen LogP contribution < -0.4 is 14.8 Å². The molecule has 35 heavy (non-hydrogen) atoms. The van der Waals surface area contributed by atoms with Crippen LogP contribution in [0.4, 0.5) is 5.69 Å². The zero-order valence-corrected chi connectivity index (χ0v) is 21.1. The van der Waals surface area contributed by atoms with Crippen molar-refractivity contribution in [1.29, 1.82) is 0 Å². The number of allylic oxidation sites excluding steroid dienone is 1. The Labute approximate surface area is 206 Å². The van der Waals surface area contributed by atoms with Gasteiger partial charge in [-0.1, -0.05) is 38.1 Å². The smallest absolute Gasteiger partial charge is 0.248 e. The highest BCUT2D eigenvalue weighted by atomic mass is 16.5. The van der Waals surface area contributed by atoms with Gasteiger partial charge in [0.05, 0.1) is 20.5 Å². The fourth-order valence-corrected chi connectivity index (χ4v) is 4.27. The summed E-state index contributed by atoms with van der Waals surface area (Å²) in [6.07, 6.45) is 3.36. The summed E-state index contributed by atoms with van der Waals surface area (Å²) >= 11 is 0. The van der Waals surface area contributed by atoms with Crippen LogP contribution >= 0.6 is 0 Å². The number of nitrogens with one attached hydrogen (secondary N) is 1. The van der Waals surface area contributed by atoms with Crippen LogP contribution in [-0.4, -0.2) is 20.1 Å². The number of methoxy groups -OCH3 is 2. The van der Waals surface area contributed by atoms with Gasteiger partial charge in [0.15, 0.2) is 0 Å². The monoisotopic (exact) mass is 469 g/mol. The molecule has 1 heterocycles. The highest BCUT2D eigenvalue weighted by Gasteiger charge is 2.19. The van der Waals surface area contributed by atoms with Gasteiger partial charge in [0.1, 0.15) is 17.1 Å². The molecule has 4 aromatic rings. The first-order valence-corrected chi connectivity index (χ1v) is 11.6. The van der Waals surface area contributed by atoms with E-state index in [9.17, 15) is 4.79 Å². The molecule has 0 aliphatic rings. The second-order valence-corrected chi connectivity index (χ2v) is 8.93. The molecule has 1 aromatic heterocycles. The summed E-state index contributed by atoms with van der Waals surface area (Å²) in [6.45, 7) is 8.17. The van der Waals surface area contributed by atoms with Crippen LogP contribution in [0.3, 0.4) is 0 Å². The van der Waals surface area contributed by atoms with E-state index in [0.717, 1.165) is 50.2 Å². The molecule has 1 amide bonds. The van der Waals surface area contributed by atoms with Gasteiger partial charge >= 0.3 is 0 Å². The first-order valence-electron chi connectivity index (χ1n) is 11.6. The number of aryl methyl sites for hydroxylation is 1. The molecule has 3 aromatic carbocycles. The summed E-state index contributed by atoms with van der Waals surface area (Å²) in [5.41, 5.74) is 7.27. The fourth-order valence-electron chi connectivity index (χ4n) is 4.27. The van der Waals surface area contributed by atoms with Gasteiger partial charge in [0, 0.05) is 33.8 Å². The van der Waals surface area contributed by atoms with Crippen molar-refractivity contribution in [1.82, 2.24) is 0 Å². The van der Waals surface area contributed by atoms with E-state index >= 15 is 0 Å². The van der Waals surface area contributed by atoms with Crippen LogP contribution in [0, 0.1) is 6.92 Å². The van der Waals surface area contributed by atoms with Crippen molar-refractivity contribution in [3.05, 3.63) is 83.6 Å². The van der Waals surface area contributed by atoms with E-state index in [1.54, 1.807) is 26.6 Å². The lowest BCUT2D eigenvalue weighted by molar-refractivity contribution is -0.111. The molecule has 0 saturated heterocycles. The normalized spacial score (nSPS) is 11.7. The largest absolute Gasteiger partial charge is 0.497 e. The van der Waals surface area contributed by atoms with Crippen molar-refractivity contribution in [2.24, 2.45) is 0 Å². The van der Waals surface area contributed by atoms with Crippen molar-refractivity contribution >= 4 is 28.1 Å². The molecule has 0 atom stereocenters. The number of anilines is 1. The van der Waals surface area contributed by atoms with E-state index in [1.165, 1.54) is 5.56 Å². The Bertz CT molecular complexity index is 1380. The zero-order chi connectivity index (χ0) is 25.1. The summed E-state index contributed by atoms with van der Waals surface area (Å²) < 4.78 is 17.0. The van der Waals surface area contributed by atoms with Gasteiger partial charge in [0.25, 0.3) is 0 Å². The fraction of sp³-hybridized carbons (Fsp3) is 0.233. The average molecular weight is 470 g/mol. The molecule has 1 N–H and O–H groups in total. The van der Waals surface area contributed by atoms with Crippen LogP contribution in [0.2, 0.25) is 0 Å². The first-order chi connectivity index (χ1) is 16.8. The number of carbonyl (C=O) groups is 1. The van der Waals surface area contributed by atoms with E-state index in [1.807, 2.05) is 68.4 Å². The summed E-state index contributed by atoms with van der Waals surface area (Å²) in [6, 6.07) is 17.8. The molecule has 0 aliphatic heterocycles. The van der Waals surface area contributed by atoms with Crippen molar-refractivity contribution in [3.63, 3.8) is 0 Å². The van der Waals surface area contributed by atoms with Crippen LogP contribution in [-0.2, 0) is 4.79 Å². The Morgan fingerprint density at radius 3 is 2.29 bits per heavy atom. The molecule has 5 nitrogen and oxygen atoms in total. The molecule has 0 saturated carbocycles. The lowest BCUT2D eigenvalue weighted by Crippen LogP contribution is -2.09. The van der Waals surface area contributed by atoms with E-state index in [2.05, 4.69) is 19.2 Å². The molecule has 4 rings (SSSR count). The van der Waals surface area contributed by atoms with E-state index in [0.29, 0.717) is 11.7 Å². The van der Waals surface area contributed by atoms with E-state index < -0.39 is 0 Å². The quantitative estimate of drug-likeness (QED) is 0.283. The molecule has 0 bridgehead atoms. The minimum Gasteiger partial charge on any atom is -0.497 e. The molecule has 5 heteroatoms. The Hall–Kier alpha value is -3.99. The highest BCUT2D eigenvalue weighted by molar-refractivity contribution is 6.06. The molecule has 0 unspecified atom stereocenters. The van der Waals surface area contributed by atoms with Crippen molar-refractivity contribution in [2.75, 3.05) is 19.5 Å². The topological polar surface area (TPSA) is 60.7 Å². The van der Waals surface area contributed by atoms with Crippen LogP contribution in [0.15, 0.2) is 71.4 Å². The highest BCUT2D eigenvalue weighted by Crippen LogP contribution is 2.40. The third-order valence-electron chi connectivity index (χ3n) is 6.27. The standard InChI is InChI=1S/C30H31NO4/c1-18(2)21-7-11-23(12-8-21)31-28(32)15-19(3)25-16-26-27(22-9-13-24(33-5)14-10-22)17-35-30(26)20(4)29(25)34-6/h7-18H,1-6H3,(H,31,32)/b19-15+.